The molecule has 4 rings (SSSR count). The number of ether oxygens (including phenoxy) is 2. The second-order valence-corrected chi connectivity index (χ2v) is 8.42. The second-order valence-electron chi connectivity index (χ2n) is 8.42. The zero-order chi connectivity index (χ0) is 19.9. The van der Waals surface area contributed by atoms with Crippen LogP contribution in [-0.4, -0.2) is 60.9 Å². The van der Waals surface area contributed by atoms with Crippen molar-refractivity contribution in [3.05, 3.63) is 71.8 Å². The van der Waals surface area contributed by atoms with Crippen LogP contribution >= 0.6 is 0 Å². The van der Waals surface area contributed by atoms with Crippen LogP contribution in [0.4, 0.5) is 0 Å². The zero-order valence-corrected chi connectivity index (χ0v) is 17.6. The highest BCUT2D eigenvalue weighted by Gasteiger charge is 2.30. The van der Waals surface area contributed by atoms with Crippen molar-refractivity contribution in [3.8, 4) is 0 Å². The molecule has 2 heterocycles. The van der Waals surface area contributed by atoms with Crippen molar-refractivity contribution in [3.63, 3.8) is 0 Å². The predicted octanol–water partition coefficient (Wildman–Crippen LogP) is 3.96. The van der Waals surface area contributed by atoms with Gasteiger partial charge in [-0.05, 0) is 37.4 Å². The first-order valence-electron chi connectivity index (χ1n) is 11.1. The molecule has 0 aliphatic carbocycles. The van der Waals surface area contributed by atoms with Crippen LogP contribution in [-0.2, 0) is 22.6 Å². The summed E-state index contributed by atoms with van der Waals surface area (Å²) in [4.78, 5) is 5.05. The van der Waals surface area contributed by atoms with Crippen molar-refractivity contribution >= 4 is 0 Å². The Kier molecular flexibility index (Phi) is 7.33. The Labute approximate surface area is 175 Å². The SMILES string of the molecule is CC1C(OCC2CN(Cc3ccccc3)CCO2)CCCN1Cc1ccccc1. The highest BCUT2D eigenvalue weighted by Crippen LogP contribution is 2.23. The minimum atomic E-state index is 0.171. The third kappa shape index (κ3) is 5.89. The Morgan fingerprint density at radius 1 is 0.931 bits per heavy atom. The molecule has 0 radical (unpaired) electrons. The molecular formula is C25H34N2O2. The van der Waals surface area contributed by atoms with E-state index in [1.807, 2.05) is 0 Å². The van der Waals surface area contributed by atoms with Crippen LogP contribution in [0.3, 0.4) is 0 Å². The van der Waals surface area contributed by atoms with Gasteiger partial charge in [-0.15, -0.1) is 0 Å². The zero-order valence-electron chi connectivity index (χ0n) is 17.6. The van der Waals surface area contributed by atoms with Crippen LogP contribution in [0.5, 0.6) is 0 Å². The second kappa shape index (κ2) is 10.4. The van der Waals surface area contributed by atoms with Crippen molar-refractivity contribution < 1.29 is 9.47 Å². The topological polar surface area (TPSA) is 24.9 Å². The lowest BCUT2D eigenvalue weighted by atomic mass is 9.99. The van der Waals surface area contributed by atoms with Gasteiger partial charge in [-0.2, -0.15) is 0 Å². The fourth-order valence-electron chi connectivity index (χ4n) is 4.54. The maximum atomic E-state index is 6.41. The quantitative estimate of drug-likeness (QED) is 0.710. The van der Waals surface area contributed by atoms with E-state index in [2.05, 4.69) is 77.4 Å². The molecule has 2 aliphatic rings. The van der Waals surface area contributed by atoms with Gasteiger partial charge in [0.15, 0.2) is 0 Å². The van der Waals surface area contributed by atoms with Gasteiger partial charge in [0.1, 0.15) is 0 Å². The largest absolute Gasteiger partial charge is 0.374 e. The van der Waals surface area contributed by atoms with Gasteiger partial charge in [0.25, 0.3) is 0 Å². The summed E-state index contributed by atoms with van der Waals surface area (Å²) in [6, 6.07) is 21.9. The smallest absolute Gasteiger partial charge is 0.0935 e. The Hall–Kier alpha value is -1.72. The van der Waals surface area contributed by atoms with E-state index in [1.165, 1.54) is 17.5 Å². The van der Waals surface area contributed by atoms with Gasteiger partial charge in [-0.3, -0.25) is 9.80 Å². The van der Waals surface area contributed by atoms with Crippen LogP contribution < -0.4 is 0 Å². The molecule has 0 bridgehead atoms. The molecule has 0 N–H and O–H groups in total. The Bertz CT molecular complexity index is 724. The highest BCUT2D eigenvalue weighted by atomic mass is 16.5. The fourth-order valence-corrected chi connectivity index (χ4v) is 4.54. The molecule has 3 unspecified atom stereocenters. The average Bonchev–Trinajstić information content (AvgIpc) is 2.76. The maximum Gasteiger partial charge on any atom is 0.0935 e. The van der Waals surface area contributed by atoms with Gasteiger partial charge in [0.2, 0.25) is 0 Å². The molecule has 3 atom stereocenters. The monoisotopic (exact) mass is 394 g/mol. The number of piperidine rings is 1. The summed E-state index contributed by atoms with van der Waals surface area (Å²) in [5.41, 5.74) is 2.75. The molecule has 4 nitrogen and oxygen atoms in total. The number of hydrogen-bond acceptors (Lipinski definition) is 4. The van der Waals surface area contributed by atoms with Crippen molar-refractivity contribution in [2.24, 2.45) is 0 Å². The molecule has 2 saturated heterocycles. The first-order chi connectivity index (χ1) is 14.3. The minimum Gasteiger partial charge on any atom is -0.374 e. The third-order valence-electron chi connectivity index (χ3n) is 6.24. The lowest BCUT2D eigenvalue weighted by Gasteiger charge is -2.40. The van der Waals surface area contributed by atoms with Crippen LogP contribution in [0.1, 0.15) is 30.9 Å². The summed E-state index contributed by atoms with van der Waals surface area (Å²) in [6.45, 7) is 8.90. The van der Waals surface area contributed by atoms with Crippen molar-refractivity contribution in [1.82, 2.24) is 9.80 Å². The van der Waals surface area contributed by atoms with E-state index < -0.39 is 0 Å². The summed E-state index contributed by atoms with van der Waals surface area (Å²) in [7, 11) is 0. The van der Waals surface area contributed by atoms with Crippen molar-refractivity contribution in [2.75, 3.05) is 32.8 Å². The van der Waals surface area contributed by atoms with Gasteiger partial charge in [-0.25, -0.2) is 0 Å². The molecule has 29 heavy (non-hydrogen) atoms. The molecule has 2 aromatic rings. The molecule has 0 saturated carbocycles. The molecular weight excluding hydrogens is 360 g/mol. The van der Waals surface area contributed by atoms with E-state index in [-0.39, 0.29) is 6.10 Å². The number of nitrogens with zero attached hydrogens (tertiary/aromatic N) is 2. The summed E-state index contributed by atoms with van der Waals surface area (Å²) in [5, 5.41) is 0. The maximum absolute atomic E-state index is 6.41. The Morgan fingerprint density at radius 2 is 1.62 bits per heavy atom. The molecule has 4 heteroatoms. The van der Waals surface area contributed by atoms with Crippen molar-refractivity contribution in [2.45, 2.75) is 51.1 Å². The van der Waals surface area contributed by atoms with E-state index >= 15 is 0 Å². The molecule has 0 amide bonds. The van der Waals surface area contributed by atoms with Gasteiger partial charge >= 0.3 is 0 Å². The lowest BCUT2D eigenvalue weighted by molar-refractivity contribution is -0.109. The highest BCUT2D eigenvalue weighted by molar-refractivity contribution is 5.15. The number of morpholine rings is 1. The Morgan fingerprint density at radius 3 is 2.34 bits per heavy atom. The third-order valence-corrected chi connectivity index (χ3v) is 6.24. The van der Waals surface area contributed by atoms with Crippen molar-refractivity contribution in [1.29, 1.82) is 0 Å². The van der Waals surface area contributed by atoms with Crippen LogP contribution in [0.25, 0.3) is 0 Å². The molecule has 0 aromatic heterocycles. The van der Waals surface area contributed by atoms with Gasteiger partial charge < -0.3 is 9.47 Å². The van der Waals surface area contributed by atoms with Gasteiger partial charge in [-0.1, -0.05) is 60.7 Å². The predicted molar refractivity (Wildman–Crippen MR) is 117 cm³/mol. The molecule has 156 valence electrons. The Balaban J connectivity index is 1.25. The van der Waals surface area contributed by atoms with Gasteiger partial charge in [0.05, 0.1) is 25.4 Å². The average molecular weight is 395 g/mol. The van der Waals surface area contributed by atoms with E-state index in [4.69, 9.17) is 9.47 Å². The van der Waals surface area contributed by atoms with Gasteiger partial charge in [0, 0.05) is 32.2 Å². The molecule has 2 aliphatic heterocycles. The first kappa shape index (κ1) is 20.5. The molecule has 2 fully saturated rings. The van der Waals surface area contributed by atoms with Crippen LogP contribution in [0.15, 0.2) is 60.7 Å². The van der Waals surface area contributed by atoms with E-state index in [0.29, 0.717) is 18.8 Å². The number of hydrogen-bond donors (Lipinski definition) is 0. The minimum absolute atomic E-state index is 0.171. The molecule has 0 spiro atoms. The summed E-state index contributed by atoms with van der Waals surface area (Å²) in [6.07, 6.45) is 2.81. The normalized spacial score (nSPS) is 26.4. The lowest BCUT2D eigenvalue weighted by Crippen LogP contribution is -2.49. The number of benzene rings is 2. The first-order valence-corrected chi connectivity index (χ1v) is 11.1. The number of likely N-dealkylation sites (tertiary alicyclic amines) is 1. The standard InChI is InChI=1S/C25H34N2O2/c1-21-25(13-8-14-27(21)18-23-11-6-3-7-12-23)29-20-24-19-26(15-16-28-24)17-22-9-4-2-5-10-22/h2-7,9-12,21,24-25H,8,13-20H2,1H3. The summed E-state index contributed by atoms with van der Waals surface area (Å²) >= 11 is 0. The van der Waals surface area contributed by atoms with E-state index in [0.717, 1.165) is 45.8 Å². The van der Waals surface area contributed by atoms with Crippen LogP contribution in [0.2, 0.25) is 0 Å². The summed E-state index contributed by atoms with van der Waals surface area (Å²) in [5.74, 6) is 0. The fraction of sp³-hybridized carbons (Fsp3) is 0.520. The number of rotatable bonds is 7. The molecule has 2 aromatic carbocycles. The van der Waals surface area contributed by atoms with Crippen LogP contribution in [0, 0.1) is 0 Å². The van der Waals surface area contributed by atoms with E-state index in [1.54, 1.807) is 0 Å². The summed E-state index contributed by atoms with van der Waals surface area (Å²) < 4.78 is 12.4. The van der Waals surface area contributed by atoms with E-state index in [9.17, 15) is 0 Å².